The minimum absolute atomic E-state index is 0.0446. The van der Waals surface area contributed by atoms with Crippen molar-refractivity contribution in [2.45, 2.75) is 6.61 Å². The van der Waals surface area contributed by atoms with E-state index in [2.05, 4.69) is 19.8 Å². The van der Waals surface area contributed by atoms with Crippen molar-refractivity contribution in [3.8, 4) is 11.4 Å². The van der Waals surface area contributed by atoms with E-state index in [1.54, 1.807) is 12.1 Å². The lowest BCUT2D eigenvalue weighted by atomic mass is 10.3. The summed E-state index contributed by atoms with van der Waals surface area (Å²) in [5.74, 6) is 0.351. The summed E-state index contributed by atoms with van der Waals surface area (Å²) in [5.41, 5.74) is 6.75. The molecule has 0 atom stereocenters. The van der Waals surface area contributed by atoms with Crippen LogP contribution in [0.3, 0.4) is 0 Å². The number of rotatable bonds is 3. The Hall–Kier alpha value is -2.77. The molecule has 0 radical (unpaired) electrons. The highest BCUT2D eigenvalue weighted by atomic mass is 19.3. The van der Waals surface area contributed by atoms with Gasteiger partial charge in [-0.05, 0) is 12.1 Å². The molecule has 102 valence electrons. The van der Waals surface area contributed by atoms with E-state index in [9.17, 15) is 8.78 Å². The lowest BCUT2D eigenvalue weighted by Gasteiger charge is -2.07. The first kappa shape index (κ1) is 12.3. The van der Waals surface area contributed by atoms with Crippen molar-refractivity contribution >= 4 is 16.9 Å². The van der Waals surface area contributed by atoms with E-state index < -0.39 is 6.61 Å². The summed E-state index contributed by atoms with van der Waals surface area (Å²) < 4.78 is 30.3. The maximum atomic E-state index is 12.2. The molecule has 6 nitrogen and oxygen atoms in total. The Morgan fingerprint density at radius 2 is 2.10 bits per heavy atom. The molecule has 0 aliphatic rings. The predicted molar refractivity (Wildman–Crippen MR) is 67.7 cm³/mol. The number of fused-ring (bicyclic) bond motifs is 1. The van der Waals surface area contributed by atoms with Crippen LogP contribution in [0.25, 0.3) is 16.7 Å². The Morgan fingerprint density at radius 1 is 1.25 bits per heavy atom. The summed E-state index contributed by atoms with van der Waals surface area (Å²) in [6.07, 6.45) is 2.83. The molecule has 1 aromatic carbocycles. The molecule has 0 spiro atoms. The van der Waals surface area contributed by atoms with Gasteiger partial charge in [-0.1, -0.05) is 6.07 Å². The molecule has 2 aromatic heterocycles. The third-order valence-corrected chi connectivity index (χ3v) is 2.68. The number of hydrogen-bond donors (Lipinski definition) is 1. The number of ether oxygens (including phenoxy) is 1. The third kappa shape index (κ3) is 2.11. The number of hydrogen-bond acceptors (Lipinski definition) is 5. The second kappa shape index (κ2) is 4.72. The minimum atomic E-state index is -2.88. The van der Waals surface area contributed by atoms with Crippen LogP contribution in [0, 0.1) is 0 Å². The first-order valence-electron chi connectivity index (χ1n) is 5.64. The predicted octanol–water partition coefficient (Wildman–Crippen LogP) is 2.00. The molecule has 8 heteroatoms. The van der Waals surface area contributed by atoms with Crippen LogP contribution < -0.4 is 10.5 Å². The van der Waals surface area contributed by atoms with Crippen LogP contribution in [0.4, 0.5) is 14.6 Å². The molecule has 0 unspecified atom stereocenters. The second-order valence-corrected chi connectivity index (χ2v) is 3.93. The van der Waals surface area contributed by atoms with Crippen LogP contribution in [-0.4, -0.2) is 26.4 Å². The summed E-state index contributed by atoms with van der Waals surface area (Å²) in [6, 6.07) is 6.16. The highest BCUT2D eigenvalue weighted by Gasteiger charge is 2.11. The molecule has 2 N–H and O–H groups in total. The van der Waals surface area contributed by atoms with Crippen molar-refractivity contribution in [3.63, 3.8) is 0 Å². The highest BCUT2D eigenvalue weighted by molar-refractivity contribution is 5.85. The van der Waals surface area contributed by atoms with Gasteiger partial charge in [0, 0.05) is 6.07 Å². The van der Waals surface area contributed by atoms with Gasteiger partial charge in [-0.2, -0.15) is 13.9 Å². The van der Waals surface area contributed by atoms with E-state index in [-0.39, 0.29) is 5.75 Å². The quantitative estimate of drug-likeness (QED) is 0.792. The summed E-state index contributed by atoms with van der Waals surface area (Å²) in [4.78, 5) is 7.95. The molecule has 0 saturated carbocycles. The van der Waals surface area contributed by atoms with Crippen LogP contribution in [0.5, 0.6) is 5.75 Å². The number of benzene rings is 1. The highest BCUT2D eigenvalue weighted by Crippen LogP contribution is 2.22. The van der Waals surface area contributed by atoms with Crippen LogP contribution >= 0.6 is 0 Å². The molecule has 2 heterocycles. The number of nitrogens with two attached hydrogens (primary N) is 1. The van der Waals surface area contributed by atoms with Crippen molar-refractivity contribution in [1.82, 2.24) is 19.7 Å². The van der Waals surface area contributed by atoms with E-state index in [0.717, 1.165) is 0 Å². The Morgan fingerprint density at radius 3 is 2.90 bits per heavy atom. The molecule has 20 heavy (non-hydrogen) atoms. The first-order valence-corrected chi connectivity index (χ1v) is 5.64. The zero-order valence-corrected chi connectivity index (χ0v) is 10.1. The van der Waals surface area contributed by atoms with Crippen molar-refractivity contribution in [2.24, 2.45) is 0 Å². The Balaban J connectivity index is 2.09. The summed E-state index contributed by atoms with van der Waals surface area (Å²) in [6.45, 7) is -2.88. The Labute approximate surface area is 111 Å². The number of anilines is 1. The van der Waals surface area contributed by atoms with Crippen molar-refractivity contribution in [2.75, 3.05) is 5.73 Å². The molecule has 0 saturated heterocycles. The second-order valence-electron chi connectivity index (χ2n) is 3.93. The number of alkyl halides is 2. The molecule has 3 aromatic rings. The topological polar surface area (TPSA) is 78.9 Å². The minimum Gasteiger partial charge on any atom is -0.435 e. The first-order chi connectivity index (χ1) is 9.65. The fourth-order valence-corrected chi connectivity index (χ4v) is 1.84. The van der Waals surface area contributed by atoms with Gasteiger partial charge in [0.05, 0.1) is 17.3 Å². The van der Waals surface area contributed by atoms with Crippen LogP contribution in [0.15, 0.2) is 36.8 Å². The van der Waals surface area contributed by atoms with E-state index in [1.165, 1.54) is 29.3 Å². The largest absolute Gasteiger partial charge is 0.435 e. The van der Waals surface area contributed by atoms with Gasteiger partial charge in [-0.25, -0.2) is 14.6 Å². The molecule has 3 rings (SSSR count). The van der Waals surface area contributed by atoms with Crippen LogP contribution in [-0.2, 0) is 0 Å². The molecule has 0 fully saturated rings. The fraction of sp³-hybridized carbons (Fsp3) is 0.0833. The Kier molecular flexibility index (Phi) is 2.90. The van der Waals surface area contributed by atoms with E-state index in [0.29, 0.717) is 22.5 Å². The van der Waals surface area contributed by atoms with Gasteiger partial charge in [0.2, 0.25) is 0 Å². The van der Waals surface area contributed by atoms with Gasteiger partial charge in [0.15, 0.2) is 5.65 Å². The molecule has 0 aliphatic heterocycles. The average molecular weight is 277 g/mol. The van der Waals surface area contributed by atoms with Crippen LogP contribution in [0.1, 0.15) is 0 Å². The lowest BCUT2D eigenvalue weighted by molar-refractivity contribution is -0.0498. The van der Waals surface area contributed by atoms with E-state index >= 15 is 0 Å². The van der Waals surface area contributed by atoms with Crippen molar-refractivity contribution in [3.05, 3.63) is 36.8 Å². The number of aromatic nitrogens is 4. The number of halogens is 2. The standard InChI is InChI=1S/C12H9F2N5O/c13-12(14)20-8-3-1-2-7(4-8)19-11-9(5-18-19)10(15)16-6-17-11/h1-6,12H,(H2,15,16,17). The number of nitrogens with zero attached hydrogens (tertiary/aromatic N) is 4. The fourth-order valence-electron chi connectivity index (χ4n) is 1.84. The third-order valence-electron chi connectivity index (χ3n) is 2.68. The van der Waals surface area contributed by atoms with Crippen molar-refractivity contribution in [1.29, 1.82) is 0 Å². The van der Waals surface area contributed by atoms with Crippen molar-refractivity contribution < 1.29 is 13.5 Å². The molecule has 0 amide bonds. The van der Waals surface area contributed by atoms with Gasteiger partial charge < -0.3 is 10.5 Å². The smallest absolute Gasteiger partial charge is 0.387 e. The lowest BCUT2D eigenvalue weighted by Crippen LogP contribution is -2.03. The SMILES string of the molecule is Nc1ncnc2c1cnn2-c1cccc(OC(F)F)c1. The molecular weight excluding hydrogens is 268 g/mol. The number of nitrogen functional groups attached to an aromatic ring is 1. The Bertz CT molecular complexity index is 758. The van der Waals surface area contributed by atoms with Gasteiger partial charge >= 0.3 is 6.61 Å². The average Bonchev–Trinajstić information content (AvgIpc) is 2.83. The molecule has 0 aliphatic carbocycles. The van der Waals surface area contributed by atoms with Gasteiger partial charge in [-0.3, -0.25) is 0 Å². The van der Waals surface area contributed by atoms with Gasteiger partial charge in [-0.15, -0.1) is 0 Å². The maximum absolute atomic E-state index is 12.2. The zero-order chi connectivity index (χ0) is 14.1. The summed E-state index contributed by atoms with van der Waals surface area (Å²) >= 11 is 0. The van der Waals surface area contributed by atoms with E-state index in [4.69, 9.17) is 5.73 Å². The molecular formula is C12H9F2N5O. The monoisotopic (exact) mass is 277 g/mol. The van der Waals surface area contributed by atoms with Crippen LogP contribution in [0.2, 0.25) is 0 Å². The summed E-state index contributed by atoms with van der Waals surface area (Å²) in [5, 5.41) is 4.73. The van der Waals surface area contributed by atoms with Gasteiger partial charge in [0.1, 0.15) is 17.9 Å². The maximum Gasteiger partial charge on any atom is 0.387 e. The molecule has 0 bridgehead atoms. The van der Waals surface area contributed by atoms with Gasteiger partial charge in [0.25, 0.3) is 0 Å². The zero-order valence-electron chi connectivity index (χ0n) is 10.1. The van der Waals surface area contributed by atoms with E-state index in [1.807, 2.05) is 0 Å². The normalized spacial score (nSPS) is 11.2. The summed E-state index contributed by atoms with van der Waals surface area (Å²) in [7, 11) is 0.